The summed E-state index contributed by atoms with van der Waals surface area (Å²) >= 11 is 0. The average molecular weight is 236 g/mol. The Morgan fingerprint density at radius 3 is 3.06 bits per heavy atom. The average Bonchev–Trinajstić information content (AvgIpc) is 2.96. The Morgan fingerprint density at radius 1 is 1.65 bits per heavy atom. The topological polar surface area (TPSA) is 66.6 Å². The van der Waals surface area contributed by atoms with Crippen molar-refractivity contribution < 1.29 is 14.3 Å². The Balaban J connectivity index is 1.77. The molecular weight excluding hydrogens is 220 g/mol. The van der Waals surface area contributed by atoms with Gasteiger partial charge < -0.3 is 9.52 Å². The second-order valence-electron chi connectivity index (χ2n) is 5.01. The van der Waals surface area contributed by atoms with Gasteiger partial charge in [-0.3, -0.25) is 9.69 Å². The maximum Gasteiger partial charge on any atom is 0.308 e. The van der Waals surface area contributed by atoms with Crippen LogP contribution in [0.4, 0.5) is 0 Å². The number of carboxylic acids is 1. The molecule has 3 heterocycles. The molecule has 17 heavy (non-hydrogen) atoms. The summed E-state index contributed by atoms with van der Waals surface area (Å²) in [6.45, 7) is 2.62. The van der Waals surface area contributed by atoms with Crippen molar-refractivity contribution >= 4 is 5.97 Å². The van der Waals surface area contributed by atoms with Gasteiger partial charge in [-0.2, -0.15) is 0 Å². The molecule has 92 valence electrons. The molecule has 2 bridgehead atoms. The van der Waals surface area contributed by atoms with Gasteiger partial charge in [0.25, 0.3) is 0 Å². The van der Waals surface area contributed by atoms with Crippen LogP contribution in [0.5, 0.6) is 0 Å². The Labute approximate surface area is 99.4 Å². The van der Waals surface area contributed by atoms with E-state index in [-0.39, 0.29) is 12.0 Å². The zero-order valence-corrected chi connectivity index (χ0v) is 9.80. The molecule has 1 N–H and O–H groups in total. The molecule has 1 aromatic rings. The fourth-order valence-corrected chi connectivity index (χ4v) is 3.27. The van der Waals surface area contributed by atoms with Crippen molar-refractivity contribution in [3.05, 3.63) is 17.8 Å². The van der Waals surface area contributed by atoms with Crippen LogP contribution in [-0.4, -0.2) is 33.0 Å². The summed E-state index contributed by atoms with van der Waals surface area (Å²) in [6, 6.07) is 0.603. The number of rotatable bonds is 3. The third-order valence-corrected chi connectivity index (χ3v) is 4.18. The summed E-state index contributed by atoms with van der Waals surface area (Å²) in [7, 11) is 0. The normalized spacial score (nSPS) is 32.2. The number of nitrogens with zero attached hydrogens (tertiary/aromatic N) is 2. The molecule has 2 saturated heterocycles. The summed E-state index contributed by atoms with van der Waals surface area (Å²) in [5.41, 5.74) is 0.938. The van der Waals surface area contributed by atoms with Crippen molar-refractivity contribution in [2.45, 2.75) is 44.8 Å². The van der Waals surface area contributed by atoms with E-state index in [0.29, 0.717) is 6.04 Å². The minimum atomic E-state index is -0.654. The van der Waals surface area contributed by atoms with Gasteiger partial charge in [-0.1, -0.05) is 0 Å². The summed E-state index contributed by atoms with van der Waals surface area (Å²) < 4.78 is 5.19. The third-order valence-electron chi connectivity index (χ3n) is 4.18. The van der Waals surface area contributed by atoms with Gasteiger partial charge in [0.2, 0.25) is 0 Å². The molecule has 3 atom stereocenters. The van der Waals surface area contributed by atoms with Crippen LogP contribution in [0.2, 0.25) is 0 Å². The molecule has 2 aliphatic rings. The first-order valence-corrected chi connectivity index (χ1v) is 6.04. The van der Waals surface area contributed by atoms with Crippen LogP contribution < -0.4 is 0 Å². The van der Waals surface area contributed by atoms with Crippen LogP contribution in [0.1, 0.15) is 30.7 Å². The third kappa shape index (κ3) is 1.65. The highest BCUT2D eigenvalue weighted by Crippen LogP contribution is 2.42. The van der Waals surface area contributed by atoms with Crippen LogP contribution in [0, 0.1) is 12.8 Å². The Hall–Kier alpha value is -1.36. The van der Waals surface area contributed by atoms with Crippen molar-refractivity contribution in [2.24, 2.45) is 5.92 Å². The Morgan fingerprint density at radius 2 is 2.47 bits per heavy atom. The van der Waals surface area contributed by atoms with Gasteiger partial charge in [-0.15, -0.1) is 0 Å². The first-order chi connectivity index (χ1) is 8.16. The van der Waals surface area contributed by atoms with E-state index < -0.39 is 5.97 Å². The highest BCUT2D eigenvalue weighted by molar-refractivity contribution is 5.71. The van der Waals surface area contributed by atoms with Crippen molar-refractivity contribution in [1.29, 1.82) is 0 Å². The van der Waals surface area contributed by atoms with Gasteiger partial charge in [-0.25, -0.2) is 4.98 Å². The molecule has 5 heteroatoms. The lowest BCUT2D eigenvalue weighted by Gasteiger charge is -2.21. The SMILES string of the molecule is Cc1ocnc1CN1C2CCC1C(C(=O)O)C2. The lowest BCUT2D eigenvalue weighted by molar-refractivity contribution is -0.142. The zero-order chi connectivity index (χ0) is 12.0. The molecule has 3 rings (SSSR count). The number of carboxylic acid groups (broad SMARTS) is 1. The Bertz CT molecular complexity index is 443. The number of hydrogen-bond acceptors (Lipinski definition) is 4. The highest BCUT2D eigenvalue weighted by atomic mass is 16.4. The maximum absolute atomic E-state index is 11.1. The molecule has 0 aliphatic carbocycles. The summed E-state index contributed by atoms with van der Waals surface area (Å²) in [5, 5.41) is 9.17. The number of oxazole rings is 1. The van der Waals surface area contributed by atoms with Crippen LogP contribution in [-0.2, 0) is 11.3 Å². The van der Waals surface area contributed by atoms with Gasteiger partial charge in [0.1, 0.15) is 5.76 Å². The van der Waals surface area contributed by atoms with Crippen molar-refractivity contribution in [1.82, 2.24) is 9.88 Å². The van der Waals surface area contributed by atoms with Crippen LogP contribution in [0.25, 0.3) is 0 Å². The van der Waals surface area contributed by atoms with Crippen LogP contribution in [0.15, 0.2) is 10.8 Å². The molecule has 0 amide bonds. The lowest BCUT2D eigenvalue weighted by atomic mass is 9.89. The van der Waals surface area contributed by atoms with Crippen LogP contribution >= 0.6 is 0 Å². The minimum Gasteiger partial charge on any atom is -0.481 e. The zero-order valence-electron chi connectivity index (χ0n) is 9.80. The number of fused-ring (bicyclic) bond motifs is 2. The lowest BCUT2D eigenvalue weighted by Crippen LogP contribution is -2.32. The van der Waals surface area contributed by atoms with E-state index in [4.69, 9.17) is 4.42 Å². The standard InChI is InChI=1S/C12H16N2O3/c1-7-10(13-6-17-7)5-14-8-2-3-11(14)9(4-8)12(15)16/h6,8-9,11H,2-5H2,1H3,(H,15,16). The summed E-state index contributed by atoms with van der Waals surface area (Å²) in [6.07, 6.45) is 4.36. The number of hydrogen-bond donors (Lipinski definition) is 1. The molecule has 1 aromatic heterocycles. The predicted molar refractivity (Wildman–Crippen MR) is 59.3 cm³/mol. The summed E-state index contributed by atoms with van der Waals surface area (Å²) in [4.78, 5) is 17.6. The second kappa shape index (κ2) is 3.84. The molecular formula is C12H16N2O3. The van der Waals surface area contributed by atoms with Crippen LogP contribution in [0.3, 0.4) is 0 Å². The first kappa shape index (κ1) is 10.8. The van der Waals surface area contributed by atoms with E-state index in [9.17, 15) is 9.90 Å². The van der Waals surface area contributed by atoms with E-state index in [0.717, 1.165) is 37.3 Å². The summed E-state index contributed by atoms with van der Waals surface area (Å²) in [5.74, 6) is -0.0109. The molecule has 2 fully saturated rings. The fraction of sp³-hybridized carbons (Fsp3) is 0.667. The molecule has 5 nitrogen and oxygen atoms in total. The molecule has 3 unspecified atom stereocenters. The van der Waals surface area contributed by atoms with E-state index >= 15 is 0 Å². The number of carbonyl (C=O) groups is 1. The smallest absolute Gasteiger partial charge is 0.308 e. The number of aliphatic carboxylic acids is 1. The van der Waals surface area contributed by atoms with Gasteiger partial charge in [0.15, 0.2) is 6.39 Å². The van der Waals surface area contributed by atoms with Gasteiger partial charge in [0, 0.05) is 18.6 Å². The van der Waals surface area contributed by atoms with Gasteiger partial charge in [-0.05, 0) is 26.2 Å². The molecule has 0 radical (unpaired) electrons. The number of aromatic nitrogens is 1. The largest absolute Gasteiger partial charge is 0.481 e. The second-order valence-corrected chi connectivity index (χ2v) is 5.01. The van der Waals surface area contributed by atoms with Crippen molar-refractivity contribution in [3.8, 4) is 0 Å². The predicted octanol–water partition coefficient (Wildman–Crippen LogP) is 1.42. The molecule has 0 spiro atoms. The van der Waals surface area contributed by atoms with Gasteiger partial charge >= 0.3 is 5.97 Å². The van der Waals surface area contributed by atoms with E-state index in [1.54, 1.807) is 0 Å². The van der Waals surface area contributed by atoms with E-state index in [2.05, 4.69) is 9.88 Å². The quantitative estimate of drug-likeness (QED) is 0.859. The molecule has 0 aromatic carbocycles. The molecule has 0 saturated carbocycles. The maximum atomic E-state index is 11.1. The fourth-order valence-electron chi connectivity index (χ4n) is 3.27. The van der Waals surface area contributed by atoms with Gasteiger partial charge in [0.05, 0.1) is 11.6 Å². The first-order valence-electron chi connectivity index (χ1n) is 6.04. The highest BCUT2D eigenvalue weighted by Gasteiger charge is 2.49. The van der Waals surface area contributed by atoms with Crippen molar-refractivity contribution in [3.63, 3.8) is 0 Å². The number of aryl methyl sites for hydroxylation is 1. The van der Waals surface area contributed by atoms with Crippen molar-refractivity contribution in [2.75, 3.05) is 0 Å². The Kier molecular flexibility index (Phi) is 2.43. The molecule has 2 aliphatic heterocycles. The minimum absolute atomic E-state index is 0.189. The van der Waals surface area contributed by atoms with E-state index in [1.165, 1.54) is 6.39 Å². The van der Waals surface area contributed by atoms with E-state index in [1.807, 2.05) is 6.92 Å². The monoisotopic (exact) mass is 236 g/mol.